The number of amides is 1. The Labute approximate surface area is 229 Å². The fraction of sp³-hybridized carbons (Fsp3) is 0.0714. The maximum absolute atomic E-state index is 12.5. The van der Waals surface area contributed by atoms with Crippen molar-refractivity contribution < 1.29 is 18.7 Å². The zero-order valence-electron chi connectivity index (χ0n) is 19.1. The molecule has 1 aromatic heterocycles. The summed E-state index contributed by atoms with van der Waals surface area (Å²) in [6, 6.07) is 25.5. The lowest BCUT2D eigenvalue weighted by Gasteiger charge is -2.12. The molecule has 5 aromatic rings. The van der Waals surface area contributed by atoms with Gasteiger partial charge in [-0.2, -0.15) is 5.10 Å². The molecule has 0 aliphatic heterocycles. The van der Waals surface area contributed by atoms with Crippen LogP contribution in [-0.4, -0.2) is 19.2 Å². The summed E-state index contributed by atoms with van der Waals surface area (Å²) in [6.45, 7) is 0.414. The number of benzene rings is 4. The minimum atomic E-state index is -0.434. The number of ether oxygens (including phenoxy) is 2. The maximum Gasteiger partial charge on any atom is 0.307 e. The largest absolute Gasteiger partial charge is 0.493 e. The summed E-state index contributed by atoms with van der Waals surface area (Å²) in [5.74, 6) is 0.947. The van der Waals surface area contributed by atoms with Crippen LogP contribution < -0.4 is 14.9 Å². The van der Waals surface area contributed by atoms with Gasteiger partial charge in [-0.25, -0.2) is 5.43 Å². The fourth-order valence-corrected chi connectivity index (χ4v) is 5.44. The second-order valence-electron chi connectivity index (χ2n) is 8.00. The molecule has 5 rings (SSSR count). The highest BCUT2D eigenvalue weighted by Crippen LogP contribution is 2.30. The van der Waals surface area contributed by atoms with Gasteiger partial charge in [-0.1, -0.05) is 52.3 Å². The van der Waals surface area contributed by atoms with Crippen LogP contribution >= 0.6 is 38.5 Å². The number of hydrogen-bond donors (Lipinski definition) is 1. The third-order valence-electron chi connectivity index (χ3n) is 5.54. The molecule has 36 heavy (non-hydrogen) atoms. The minimum Gasteiger partial charge on any atom is -0.493 e. The third kappa shape index (κ3) is 5.39. The number of halogens is 2. The molecule has 1 N–H and O–H groups in total. The maximum atomic E-state index is 12.5. The van der Waals surface area contributed by atoms with E-state index in [9.17, 15) is 4.79 Å². The number of carbonyl (C=O) groups excluding carboxylic acids is 1. The molecule has 0 spiro atoms. The molecule has 4 aromatic carbocycles. The van der Waals surface area contributed by atoms with Gasteiger partial charge in [-0.05, 0) is 87.0 Å². The molecule has 0 bridgehead atoms. The van der Waals surface area contributed by atoms with E-state index in [-0.39, 0.29) is 5.76 Å². The van der Waals surface area contributed by atoms with Gasteiger partial charge in [-0.15, -0.1) is 0 Å². The second-order valence-corrected chi connectivity index (χ2v) is 10.1. The van der Waals surface area contributed by atoms with Crippen molar-refractivity contribution in [1.29, 1.82) is 0 Å². The van der Waals surface area contributed by atoms with E-state index >= 15 is 0 Å². The number of fused-ring (bicyclic) bond motifs is 2. The summed E-state index contributed by atoms with van der Waals surface area (Å²) < 4.78 is 19.1. The van der Waals surface area contributed by atoms with Gasteiger partial charge in [0, 0.05) is 9.86 Å². The molecule has 0 aliphatic rings. The first kappa shape index (κ1) is 24.3. The van der Waals surface area contributed by atoms with E-state index in [1.165, 1.54) is 17.0 Å². The Hall–Kier alpha value is -3.37. The molecule has 1 heterocycles. The molecular weight excluding hydrogens is 635 g/mol. The molecule has 0 fully saturated rings. The van der Waals surface area contributed by atoms with Crippen LogP contribution in [0, 0.1) is 3.57 Å². The van der Waals surface area contributed by atoms with Crippen molar-refractivity contribution in [1.82, 2.24) is 5.43 Å². The summed E-state index contributed by atoms with van der Waals surface area (Å²) in [6.07, 6.45) is 1.54. The van der Waals surface area contributed by atoms with Gasteiger partial charge in [0.1, 0.15) is 12.2 Å². The normalized spacial score (nSPS) is 11.3. The van der Waals surface area contributed by atoms with Gasteiger partial charge >= 0.3 is 5.91 Å². The first-order chi connectivity index (χ1) is 17.5. The zero-order valence-corrected chi connectivity index (χ0v) is 22.9. The van der Waals surface area contributed by atoms with Crippen molar-refractivity contribution in [2.45, 2.75) is 6.61 Å². The first-order valence-electron chi connectivity index (χ1n) is 11.0. The second kappa shape index (κ2) is 10.7. The number of rotatable bonds is 7. The Balaban J connectivity index is 1.24. The summed E-state index contributed by atoms with van der Waals surface area (Å²) in [4.78, 5) is 12.5. The van der Waals surface area contributed by atoms with Crippen LogP contribution in [0.4, 0.5) is 0 Å². The Bertz CT molecular complexity index is 1610. The van der Waals surface area contributed by atoms with Gasteiger partial charge < -0.3 is 13.9 Å². The SMILES string of the molecule is COc1cc(/C=N\NC(=O)c2cc3cc(Br)cc(I)c3o2)ccc1OCc1ccc2ccccc2c1. The highest BCUT2D eigenvalue weighted by molar-refractivity contribution is 14.1. The van der Waals surface area contributed by atoms with Crippen molar-refractivity contribution >= 4 is 72.4 Å². The molecular formula is C28H20BrIN2O4. The Morgan fingerprint density at radius 3 is 2.67 bits per heavy atom. The van der Waals surface area contributed by atoms with Crippen LogP contribution in [-0.2, 0) is 6.61 Å². The van der Waals surface area contributed by atoms with Crippen molar-refractivity contribution in [3.63, 3.8) is 0 Å². The van der Waals surface area contributed by atoms with E-state index in [1.54, 1.807) is 19.2 Å². The van der Waals surface area contributed by atoms with E-state index in [0.29, 0.717) is 23.7 Å². The van der Waals surface area contributed by atoms with E-state index in [0.717, 1.165) is 24.6 Å². The van der Waals surface area contributed by atoms with Crippen molar-refractivity contribution in [2.24, 2.45) is 5.10 Å². The topological polar surface area (TPSA) is 73.1 Å². The highest BCUT2D eigenvalue weighted by Gasteiger charge is 2.14. The van der Waals surface area contributed by atoms with Crippen LogP contribution in [0.5, 0.6) is 11.5 Å². The number of carbonyl (C=O) groups is 1. The van der Waals surface area contributed by atoms with E-state index in [1.807, 2.05) is 36.4 Å². The molecule has 0 atom stereocenters. The minimum absolute atomic E-state index is 0.188. The van der Waals surface area contributed by atoms with Gasteiger partial charge in [0.15, 0.2) is 17.3 Å². The number of nitrogens with zero attached hydrogens (tertiary/aromatic N) is 1. The average molecular weight is 655 g/mol. The average Bonchev–Trinajstić information content (AvgIpc) is 3.32. The smallest absolute Gasteiger partial charge is 0.307 e. The quantitative estimate of drug-likeness (QED) is 0.114. The Kier molecular flexibility index (Phi) is 7.24. The van der Waals surface area contributed by atoms with Gasteiger partial charge in [0.2, 0.25) is 0 Å². The number of hydrazone groups is 1. The van der Waals surface area contributed by atoms with Crippen LogP contribution in [0.25, 0.3) is 21.7 Å². The van der Waals surface area contributed by atoms with Crippen molar-refractivity contribution in [3.8, 4) is 11.5 Å². The lowest BCUT2D eigenvalue weighted by atomic mass is 10.1. The van der Waals surface area contributed by atoms with Crippen LogP contribution in [0.3, 0.4) is 0 Å². The first-order valence-corrected chi connectivity index (χ1v) is 12.9. The molecule has 0 radical (unpaired) electrons. The predicted molar refractivity (Wildman–Crippen MR) is 153 cm³/mol. The van der Waals surface area contributed by atoms with Gasteiger partial charge in [0.25, 0.3) is 0 Å². The van der Waals surface area contributed by atoms with Gasteiger partial charge in [0.05, 0.1) is 16.9 Å². The third-order valence-corrected chi connectivity index (χ3v) is 6.79. The summed E-state index contributed by atoms with van der Waals surface area (Å²) in [5, 5.41) is 7.27. The molecule has 0 aliphatic carbocycles. The van der Waals surface area contributed by atoms with Crippen molar-refractivity contribution in [3.05, 3.63) is 104 Å². The number of furan rings is 1. The molecule has 0 saturated carbocycles. The van der Waals surface area contributed by atoms with Gasteiger partial charge in [-0.3, -0.25) is 4.79 Å². The lowest BCUT2D eigenvalue weighted by Crippen LogP contribution is -2.16. The van der Waals surface area contributed by atoms with Crippen molar-refractivity contribution in [2.75, 3.05) is 7.11 Å². The van der Waals surface area contributed by atoms with Crippen LogP contribution in [0.2, 0.25) is 0 Å². The monoisotopic (exact) mass is 654 g/mol. The standard InChI is InChI=1S/C28H20BrIN2O4/c1-34-25-11-17(7-9-24(25)35-16-18-6-8-19-4-2-3-5-20(19)10-18)15-31-32-28(33)26-13-21-12-22(29)14-23(30)27(21)36-26/h2-15H,16H2,1H3,(H,32,33)/b31-15-. The molecule has 0 saturated heterocycles. The number of hydrogen-bond acceptors (Lipinski definition) is 5. The number of nitrogens with one attached hydrogen (secondary N) is 1. The summed E-state index contributed by atoms with van der Waals surface area (Å²) >= 11 is 5.63. The zero-order chi connectivity index (χ0) is 25.1. The molecule has 0 unspecified atom stereocenters. The van der Waals surface area contributed by atoms with E-state index in [2.05, 4.69) is 79.4 Å². The highest BCUT2D eigenvalue weighted by atomic mass is 127. The van der Waals surface area contributed by atoms with Crippen LogP contribution in [0.1, 0.15) is 21.7 Å². The Morgan fingerprint density at radius 2 is 1.83 bits per heavy atom. The Morgan fingerprint density at radius 1 is 1.00 bits per heavy atom. The lowest BCUT2D eigenvalue weighted by molar-refractivity contribution is 0.0929. The predicted octanol–water partition coefficient (Wildman–Crippen LogP) is 7.30. The molecule has 8 heteroatoms. The molecule has 6 nitrogen and oxygen atoms in total. The van der Waals surface area contributed by atoms with E-state index in [4.69, 9.17) is 13.9 Å². The van der Waals surface area contributed by atoms with E-state index < -0.39 is 5.91 Å². The van der Waals surface area contributed by atoms with Crippen LogP contribution in [0.15, 0.2) is 92.9 Å². The fourth-order valence-electron chi connectivity index (χ4n) is 3.78. The summed E-state index contributed by atoms with van der Waals surface area (Å²) in [7, 11) is 1.59. The summed E-state index contributed by atoms with van der Waals surface area (Å²) in [5.41, 5.74) is 4.98. The molecule has 180 valence electrons. The molecule has 1 amide bonds. The number of methoxy groups -OCH3 is 1.